The van der Waals surface area contributed by atoms with Crippen molar-refractivity contribution < 1.29 is 5.11 Å². The Hall–Kier alpha value is -0.0800. The Balaban J connectivity index is 2.23. The second kappa shape index (κ2) is 5.86. The summed E-state index contributed by atoms with van der Waals surface area (Å²) in [6.07, 6.45) is 8.45. The average molecular weight is 213 g/mol. The zero-order chi connectivity index (χ0) is 11.3. The molecule has 0 aromatic rings. The molecule has 0 aromatic carbocycles. The van der Waals surface area contributed by atoms with E-state index >= 15 is 0 Å². The molecule has 0 radical (unpaired) electrons. The molecule has 1 aliphatic rings. The van der Waals surface area contributed by atoms with Crippen LogP contribution in [-0.4, -0.2) is 35.7 Å². The van der Waals surface area contributed by atoms with Gasteiger partial charge in [-0.25, -0.2) is 0 Å². The number of nitrogens with zero attached hydrogens (tertiary/aromatic N) is 1. The van der Waals surface area contributed by atoms with E-state index < -0.39 is 0 Å². The van der Waals surface area contributed by atoms with Gasteiger partial charge in [0.15, 0.2) is 0 Å². The van der Waals surface area contributed by atoms with Crippen LogP contribution < -0.4 is 0 Å². The molecule has 0 saturated heterocycles. The van der Waals surface area contributed by atoms with Gasteiger partial charge in [-0.15, -0.1) is 0 Å². The van der Waals surface area contributed by atoms with Gasteiger partial charge in [0.2, 0.25) is 0 Å². The molecule has 0 bridgehead atoms. The molecule has 0 unspecified atom stereocenters. The number of aliphatic hydroxyl groups excluding tert-OH is 1. The molecule has 1 aliphatic carbocycles. The van der Waals surface area contributed by atoms with Crippen LogP contribution in [0.2, 0.25) is 0 Å². The summed E-state index contributed by atoms with van der Waals surface area (Å²) < 4.78 is 0. The lowest BCUT2D eigenvalue weighted by Gasteiger charge is -2.35. The molecule has 1 saturated carbocycles. The normalized spacial score (nSPS) is 19.8. The van der Waals surface area contributed by atoms with Crippen LogP contribution in [0.15, 0.2) is 0 Å². The van der Waals surface area contributed by atoms with Crippen molar-refractivity contribution in [3.05, 3.63) is 0 Å². The highest BCUT2D eigenvalue weighted by Gasteiger charge is 2.23. The molecule has 0 heterocycles. The Morgan fingerprint density at radius 3 is 2.33 bits per heavy atom. The van der Waals surface area contributed by atoms with Gasteiger partial charge >= 0.3 is 0 Å². The fraction of sp³-hybridized carbons (Fsp3) is 1.00. The Bertz CT molecular complexity index is 173. The maximum Gasteiger partial charge on any atom is 0.0609 e. The Kier molecular flexibility index (Phi) is 5.07. The number of hydrogen-bond acceptors (Lipinski definition) is 2. The molecule has 15 heavy (non-hydrogen) atoms. The van der Waals surface area contributed by atoms with Crippen LogP contribution in [0.1, 0.15) is 52.4 Å². The summed E-state index contributed by atoms with van der Waals surface area (Å²) in [5.74, 6) is 0.940. The predicted molar refractivity (Wildman–Crippen MR) is 65.0 cm³/mol. The van der Waals surface area contributed by atoms with Gasteiger partial charge in [0, 0.05) is 5.54 Å². The minimum atomic E-state index is -0.0608. The van der Waals surface area contributed by atoms with Gasteiger partial charge in [0.1, 0.15) is 0 Å². The second-order valence-corrected chi connectivity index (χ2v) is 5.68. The summed E-state index contributed by atoms with van der Waals surface area (Å²) in [6.45, 7) is 5.58. The van der Waals surface area contributed by atoms with Crippen molar-refractivity contribution in [2.45, 2.75) is 57.9 Å². The first-order chi connectivity index (χ1) is 7.06. The molecule has 90 valence electrons. The fourth-order valence-electron chi connectivity index (χ4n) is 2.28. The Morgan fingerprint density at radius 1 is 1.20 bits per heavy atom. The van der Waals surface area contributed by atoms with Crippen molar-refractivity contribution in [2.75, 3.05) is 20.2 Å². The average Bonchev–Trinajstić information content (AvgIpc) is 2.27. The zero-order valence-electron chi connectivity index (χ0n) is 10.6. The van der Waals surface area contributed by atoms with Crippen LogP contribution in [0.3, 0.4) is 0 Å². The first kappa shape index (κ1) is 13.0. The summed E-state index contributed by atoms with van der Waals surface area (Å²) in [7, 11) is 2.12. The summed E-state index contributed by atoms with van der Waals surface area (Å²) in [4.78, 5) is 2.29. The molecule has 2 nitrogen and oxygen atoms in total. The van der Waals surface area contributed by atoms with Crippen molar-refractivity contribution in [1.82, 2.24) is 4.90 Å². The predicted octanol–water partition coefficient (Wildman–Crippen LogP) is 2.66. The van der Waals surface area contributed by atoms with E-state index in [4.69, 9.17) is 0 Å². The van der Waals surface area contributed by atoms with E-state index in [9.17, 15) is 5.11 Å². The van der Waals surface area contributed by atoms with Gasteiger partial charge in [-0.1, -0.05) is 32.1 Å². The highest BCUT2D eigenvalue weighted by Crippen LogP contribution is 2.27. The second-order valence-electron chi connectivity index (χ2n) is 5.68. The maximum atomic E-state index is 9.26. The van der Waals surface area contributed by atoms with E-state index in [0.717, 1.165) is 12.5 Å². The van der Waals surface area contributed by atoms with Crippen LogP contribution in [0.4, 0.5) is 0 Å². The lowest BCUT2D eigenvalue weighted by Crippen LogP contribution is -2.45. The highest BCUT2D eigenvalue weighted by molar-refractivity contribution is 4.79. The highest BCUT2D eigenvalue weighted by atomic mass is 16.3. The number of likely N-dealkylation sites (N-methyl/N-ethyl adjacent to an activating group) is 1. The lowest BCUT2D eigenvalue weighted by atomic mass is 9.86. The maximum absolute atomic E-state index is 9.26. The molecular formula is C13H27NO. The van der Waals surface area contributed by atoms with Crippen LogP contribution >= 0.6 is 0 Å². The molecule has 1 N–H and O–H groups in total. The molecule has 0 spiro atoms. The first-order valence-corrected chi connectivity index (χ1v) is 6.38. The molecule has 2 heteroatoms. The van der Waals surface area contributed by atoms with Crippen LogP contribution in [-0.2, 0) is 0 Å². The topological polar surface area (TPSA) is 23.5 Å². The first-order valence-electron chi connectivity index (χ1n) is 6.38. The minimum Gasteiger partial charge on any atom is -0.394 e. The molecule has 0 atom stereocenters. The van der Waals surface area contributed by atoms with Gasteiger partial charge in [0.25, 0.3) is 0 Å². The number of hydrogen-bond donors (Lipinski definition) is 1. The van der Waals surface area contributed by atoms with E-state index in [1.165, 1.54) is 38.5 Å². The van der Waals surface area contributed by atoms with Gasteiger partial charge in [0.05, 0.1) is 6.61 Å². The van der Waals surface area contributed by atoms with Crippen LogP contribution in [0, 0.1) is 5.92 Å². The lowest BCUT2D eigenvalue weighted by molar-refractivity contribution is 0.0726. The van der Waals surface area contributed by atoms with Crippen molar-refractivity contribution in [3.8, 4) is 0 Å². The van der Waals surface area contributed by atoms with E-state index in [1.54, 1.807) is 0 Å². The van der Waals surface area contributed by atoms with Crippen molar-refractivity contribution in [3.63, 3.8) is 0 Å². The van der Waals surface area contributed by atoms with Crippen LogP contribution in [0.25, 0.3) is 0 Å². The zero-order valence-corrected chi connectivity index (χ0v) is 10.6. The minimum absolute atomic E-state index is 0.0608. The summed E-state index contributed by atoms with van der Waals surface area (Å²) in [5, 5.41) is 9.26. The van der Waals surface area contributed by atoms with E-state index in [1.807, 2.05) is 0 Å². The molecule has 1 fully saturated rings. The van der Waals surface area contributed by atoms with Crippen molar-refractivity contribution in [1.29, 1.82) is 0 Å². The van der Waals surface area contributed by atoms with Gasteiger partial charge < -0.3 is 5.11 Å². The fourth-order valence-corrected chi connectivity index (χ4v) is 2.28. The van der Waals surface area contributed by atoms with Crippen molar-refractivity contribution in [2.24, 2.45) is 5.92 Å². The summed E-state index contributed by atoms with van der Waals surface area (Å²) >= 11 is 0. The van der Waals surface area contributed by atoms with Crippen molar-refractivity contribution >= 4 is 0 Å². The third-order valence-corrected chi connectivity index (χ3v) is 4.02. The standard InChI is InChI=1S/C13H27NO/c1-13(2,11-15)14(3)10-9-12-7-5-4-6-8-12/h12,15H,4-11H2,1-3H3. The largest absolute Gasteiger partial charge is 0.394 e. The number of aliphatic hydroxyl groups is 1. The van der Waals surface area contributed by atoms with E-state index in [0.29, 0.717) is 0 Å². The Morgan fingerprint density at radius 2 is 1.80 bits per heavy atom. The Labute approximate surface area is 94.7 Å². The third kappa shape index (κ3) is 4.12. The van der Waals surface area contributed by atoms with Gasteiger partial charge in [-0.3, -0.25) is 4.90 Å². The SMILES string of the molecule is CN(CCC1CCCCC1)C(C)(C)CO. The van der Waals surface area contributed by atoms with Gasteiger partial charge in [-0.2, -0.15) is 0 Å². The molecular weight excluding hydrogens is 186 g/mol. The number of rotatable bonds is 5. The molecule has 0 aliphatic heterocycles. The monoisotopic (exact) mass is 213 g/mol. The quantitative estimate of drug-likeness (QED) is 0.759. The molecule has 0 aromatic heterocycles. The summed E-state index contributed by atoms with van der Waals surface area (Å²) in [5.41, 5.74) is -0.0608. The molecule has 0 amide bonds. The van der Waals surface area contributed by atoms with E-state index in [-0.39, 0.29) is 12.1 Å². The van der Waals surface area contributed by atoms with E-state index in [2.05, 4.69) is 25.8 Å². The van der Waals surface area contributed by atoms with Crippen LogP contribution in [0.5, 0.6) is 0 Å². The summed E-state index contributed by atoms with van der Waals surface area (Å²) in [6, 6.07) is 0. The molecule has 1 rings (SSSR count). The smallest absolute Gasteiger partial charge is 0.0609 e. The van der Waals surface area contributed by atoms with Gasteiger partial charge in [-0.05, 0) is 39.8 Å². The third-order valence-electron chi connectivity index (χ3n) is 4.02.